The van der Waals surface area contributed by atoms with E-state index >= 15 is 0 Å². The molecule has 0 spiro atoms. The second-order valence-electron chi connectivity index (χ2n) is 4.78. The third-order valence-electron chi connectivity index (χ3n) is 2.23. The normalized spacial score (nSPS) is 11.5. The fourth-order valence-electron chi connectivity index (χ4n) is 1.44. The lowest BCUT2D eigenvalue weighted by atomic mass is 9.86. The molecule has 0 radical (unpaired) electrons. The summed E-state index contributed by atoms with van der Waals surface area (Å²) in [7, 11) is 0. The zero-order valence-corrected chi connectivity index (χ0v) is 10.0. The lowest BCUT2D eigenvalue weighted by molar-refractivity contribution is 0.307. The van der Waals surface area contributed by atoms with Gasteiger partial charge in [0.05, 0.1) is 6.61 Å². The average molecular weight is 208 g/mol. The Morgan fingerprint density at radius 1 is 1.27 bits per heavy atom. The molecule has 0 aliphatic heterocycles. The molecule has 2 nitrogen and oxygen atoms in total. The van der Waals surface area contributed by atoms with Crippen LogP contribution in [0, 0.1) is 0 Å². The molecule has 0 aliphatic carbocycles. The Hall–Kier alpha value is -1.18. The van der Waals surface area contributed by atoms with Crippen molar-refractivity contribution < 1.29 is 9.84 Å². The molecule has 1 N–H and O–H groups in total. The lowest BCUT2D eigenvalue weighted by Gasteiger charge is -2.22. The molecule has 0 aromatic heterocycles. The summed E-state index contributed by atoms with van der Waals surface area (Å²) in [5, 5.41) is 9.47. The summed E-state index contributed by atoms with van der Waals surface area (Å²) in [5.74, 6) is 1.17. The monoisotopic (exact) mass is 208 g/mol. The van der Waals surface area contributed by atoms with E-state index in [9.17, 15) is 5.11 Å². The van der Waals surface area contributed by atoms with Gasteiger partial charge in [0, 0.05) is 5.56 Å². The molecule has 15 heavy (non-hydrogen) atoms. The first-order chi connectivity index (χ1) is 6.95. The van der Waals surface area contributed by atoms with Gasteiger partial charge in [-0.1, -0.05) is 27.7 Å². The zero-order chi connectivity index (χ0) is 11.5. The predicted octanol–water partition coefficient (Wildman–Crippen LogP) is 3.48. The number of rotatable bonds is 3. The van der Waals surface area contributed by atoms with Crippen LogP contribution in [0.5, 0.6) is 11.5 Å². The minimum absolute atomic E-state index is 0.0121. The van der Waals surface area contributed by atoms with Crippen LogP contribution in [0.2, 0.25) is 0 Å². The Labute approximate surface area is 91.9 Å². The second kappa shape index (κ2) is 4.56. The summed E-state index contributed by atoms with van der Waals surface area (Å²) in [5.41, 5.74) is 1.04. The summed E-state index contributed by atoms with van der Waals surface area (Å²) in [4.78, 5) is 0. The number of aromatic hydroxyl groups is 1. The number of ether oxygens (including phenoxy) is 1. The quantitative estimate of drug-likeness (QED) is 0.824. The summed E-state index contributed by atoms with van der Waals surface area (Å²) < 4.78 is 5.66. The minimum Gasteiger partial charge on any atom is -0.508 e. The van der Waals surface area contributed by atoms with Crippen molar-refractivity contribution in [2.45, 2.75) is 39.5 Å². The lowest BCUT2D eigenvalue weighted by Crippen LogP contribution is -2.13. The van der Waals surface area contributed by atoms with Crippen molar-refractivity contribution in [3.63, 3.8) is 0 Å². The maximum atomic E-state index is 9.47. The Kier molecular flexibility index (Phi) is 3.61. The van der Waals surface area contributed by atoms with Crippen molar-refractivity contribution in [2.75, 3.05) is 6.61 Å². The van der Waals surface area contributed by atoms with Gasteiger partial charge in [-0.2, -0.15) is 0 Å². The van der Waals surface area contributed by atoms with E-state index in [0.717, 1.165) is 17.7 Å². The third kappa shape index (κ3) is 3.15. The van der Waals surface area contributed by atoms with Gasteiger partial charge in [0.15, 0.2) is 0 Å². The van der Waals surface area contributed by atoms with Crippen LogP contribution in [0.1, 0.15) is 39.7 Å². The van der Waals surface area contributed by atoms with Crippen LogP contribution in [-0.2, 0) is 5.41 Å². The Balaban J connectivity index is 3.04. The van der Waals surface area contributed by atoms with E-state index in [0.29, 0.717) is 12.4 Å². The van der Waals surface area contributed by atoms with Gasteiger partial charge >= 0.3 is 0 Å². The van der Waals surface area contributed by atoms with Gasteiger partial charge in [0.2, 0.25) is 0 Å². The fourth-order valence-corrected chi connectivity index (χ4v) is 1.44. The maximum absolute atomic E-state index is 9.47. The van der Waals surface area contributed by atoms with Crippen LogP contribution in [-0.4, -0.2) is 11.7 Å². The van der Waals surface area contributed by atoms with Crippen molar-refractivity contribution in [1.29, 1.82) is 0 Å². The van der Waals surface area contributed by atoms with Crippen LogP contribution < -0.4 is 4.74 Å². The molecule has 0 aliphatic rings. The number of phenolic OH excluding ortho intramolecular Hbond substituents is 1. The van der Waals surface area contributed by atoms with Crippen molar-refractivity contribution in [2.24, 2.45) is 0 Å². The Morgan fingerprint density at radius 3 is 2.47 bits per heavy atom. The summed E-state index contributed by atoms with van der Waals surface area (Å²) in [6, 6.07) is 5.29. The van der Waals surface area contributed by atoms with E-state index in [2.05, 4.69) is 27.7 Å². The van der Waals surface area contributed by atoms with Gasteiger partial charge < -0.3 is 9.84 Å². The largest absolute Gasteiger partial charge is 0.508 e. The van der Waals surface area contributed by atoms with Crippen molar-refractivity contribution in [3.8, 4) is 11.5 Å². The topological polar surface area (TPSA) is 29.5 Å². The molecular formula is C13H20O2. The van der Waals surface area contributed by atoms with Crippen LogP contribution in [0.15, 0.2) is 18.2 Å². The molecular weight excluding hydrogens is 188 g/mol. The molecule has 1 aromatic rings. The van der Waals surface area contributed by atoms with Gasteiger partial charge in [0.1, 0.15) is 11.5 Å². The molecule has 84 valence electrons. The molecule has 0 unspecified atom stereocenters. The summed E-state index contributed by atoms with van der Waals surface area (Å²) in [6.45, 7) is 9.13. The average Bonchev–Trinajstić information content (AvgIpc) is 2.14. The van der Waals surface area contributed by atoms with E-state index < -0.39 is 0 Å². The highest BCUT2D eigenvalue weighted by molar-refractivity contribution is 5.43. The van der Waals surface area contributed by atoms with E-state index in [1.54, 1.807) is 12.1 Å². The summed E-state index contributed by atoms with van der Waals surface area (Å²) >= 11 is 0. The first-order valence-corrected chi connectivity index (χ1v) is 5.41. The van der Waals surface area contributed by atoms with Crippen LogP contribution in [0.4, 0.5) is 0 Å². The molecule has 0 amide bonds. The van der Waals surface area contributed by atoms with Gasteiger partial charge in [-0.05, 0) is 30.0 Å². The Bertz CT molecular complexity index is 324. The molecule has 0 saturated heterocycles. The maximum Gasteiger partial charge on any atom is 0.123 e. The van der Waals surface area contributed by atoms with Gasteiger partial charge in [-0.3, -0.25) is 0 Å². The van der Waals surface area contributed by atoms with E-state index in [1.165, 1.54) is 0 Å². The number of hydrogen-bond donors (Lipinski definition) is 1. The van der Waals surface area contributed by atoms with Crippen molar-refractivity contribution >= 4 is 0 Å². The molecule has 0 fully saturated rings. The van der Waals surface area contributed by atoms with Crippen LogP contribution in [0.25, 0.3) is 0 Å². The highest BCUT2D eigenvalue weighted by atomic mass is 16.5. The van der Waals surface area contributed by atoms with E-state index in [4.69, 9.17) is 4.74 Å². The van der Waals surface area contributed by atoms with Gasteiger partial charge in [-0.15, -0.1) is 0 Å². The fraction of sp³-hybridized carbons (Fsp3) is 0.538. The van der Waals surface area contributed by atoms with Gasteiger partial charge in [0.25, 0.3) is 0 Å². The van der Waals surface area contributed by atoms with Crippen molar-refractivity contribution in [1.82, 2.24) is 0 Å². The molecule has 1 rings (SSSR count). The molecule has 0 saturated carbocycles. The molecule has 1 aromatic carbocycles. The van der Waals surface area contributed by atoms with Crippen LogP contribution >= 0.6 is 0 Å². The van der Waals surface area contributed by atoms with E-state index in [1.807, 2.05) is 6.07 Å². The third-order valence-corrected chi connectivity index (χ3v) is 2.23. The number of phenols is 1. The molecule has 2 heteroatoms. The first kappa shape index (κ1) is 11.9. The van der Waals surface area contributed by atoms with Crippen LogP contribution in [0.3, 0.4) is 0 Å². The zero-order valence-electron chi connectivity index (χ0n) is 10.0. The molecule has 0 heterocycles. The molecule has 0 bridgehead atoms. The molecule has 0 atom stereocenters. The predicted molar refractivity (Wildman–Crippen MR) is 62.6 cm³/mol. The number of benzene rings is 1. The summed E-state index contributed by atoms with van der Waals surface area (Å²) in [6.07, 6.45) is 0.991. The van der Waals surface area contributed by atoms with E-state index in [-0.39, 0.29) is 5.41 Å². The van der Waals surface area contributed by atoms with Crippen molar-refractivity contribution in [3.05, 3.63) is 23.8 Å². The standard InChI is InChI=1S/C13H20O2/c1-5-8-15-12-7-6-10(14)9-11(12)13(2,3)4/h6-7,9,14H,5,8H2,1-4H3. The SMILES string of the molecule is CCCOc1ccc(O)cc1C(C)(C)C. The highest BCUT2D eigenvalue weighted by Crippen LogP contribution is 2.33. The van der Waals surface area contributed by atoms with Gasteiger partial charge in [-0.25, -0.2) is 0 Å². The highest BCUT2D eigenvalue weighted by Gasteiger charge is 2.19. The number of hydrogen-bond acceptors (Lipinski definition) is 2. The smallest absolute Gasteiger partial charge is 0.123 e. The Morgan fingerprint density at radius 2 is 1.93 bits per heavy atom. The second-order valence-corrected chi connectivity index (χ2v) is 4.78. The minimum atomic E-state index is -0.0121. The first-order valence-electron chi connectivity index (χ1n) is 5.41.